The first-order valence-corrected chi connectivity index (χ1v) is 8.61. The highest BCUT2D eigenvalue weighted by atomic mass is 19.3. The van der Waals surface area contributed by atoms with Gasteiger partial charge in [0, 0.05) is 31.1 Å². The van der Waals surface area contributed by atoms with Crippen LogP contribution in [0.5, 0.6) is 0 Å². The molecule has 1 fully saturated rings. The standard InChI is InChI=1S/C22H24F2N2/c1-14-7-6-8-18(13-14)21-20(15(2)26(5)16(3)25-21)17-9-11-19(12-10-17)22(4,23)24/h6-13,20-21,25H,2-3H2,1,4-5H3/t20-,21?/m1/s1. The fourth-order valence-electron chi connectivity index (χ4n) is 3.44. The highest BCUT2D eigenvalue weighted by Crippen LogP contribution is 2.42. The lowest BCUT2D eigenvalue weighted by atomic mass is 9.82. The Bertz CT molecular complexity index is 834. The van der Waals surface area contributed by atoms with Gasteiger partial charge in [0.2, 0.25) is 0 Å². The molecule has 2 aromatic rings. The molecule has 0 aromatic heterocycles. The number of aryl methyl sites for hydroxylation is 1. The summed E-state index contributed by atoms with van der Waals surface area (Å²) < 4.78 is 27.1. The van der Waals surface area contributed by atoms with Crippen LogP contribution >= 0.6 is 0 Å². The summed E-state index contributed by atoms with van der Waals surface area (Å²) in [7, 11) is 1.91. The van der Waals surface area contributed by atoms with Gasteiger partial charge in [-0.2, -0.15) is 0 Å². The molecule has 2 nitrogen and oxygen atoms in total. The number of rotatable bonds is 3. The molecule has 26 heavy (non-hydrogen) atoms. The van der Waals surface area contributed by atoms with Gasteiger partial charge in [0.05, 0.1) is 11.9 Å². The van der Waals surface area contributed by atoms with E-state index in [-0.39, 0.29) is 17.5 Å². The van der Waals surface area contributed by atoms with Crippen LogP contribution in [0, 0.1) is 6.92 Å². The second-order valence-electron chi connectivity index (χ2n) is 7.02. The summed E-state index contributed by atoms with van der Waals surface area (Å²) in [6, 6.07) is 14.8. The predicted octanol–water partition coefficient (Wildman–Crippen LogP) is 5.45. The Kier molecular flexibility index (Phi) is 4.61. The molecule has 0 amide bonds. The number of hydrogen-bond donors (Lipinski definition) is 1. The lowest BCUT2D eigenvalue weighted by Crippen LogP contribution is -2.42. The monoisotopic (exact) mass is 354 g/mol. The first-order valence-electron chi connectivity index (χ1n) is 8.61. The molecule has 1 aliphatic heterocycles. The average Bonchev–Trinajstić information content (AvgIpc) is 2.59. The van der Waals surface area contributed by atoms with E-state index < -0.39 is 5.92 Å². The van der Waals surface area contributed by atoms with Crippen molar-refractivity contribution in [3.8, 4) is 0 Å². The minimum atomic E-state index is -2.85. The van der Waals surface area contributed by atoms with Gasteiger partial charge in [-0.1, -0.05) is 67.3 Å². The Labute approximate surface area is 153 Å². The predicted molar refractivity (Wildman–Crippen MR) is 102 cm³/mol. The Hall–Kier alpha value is -2.62. The third kappa shape index (κ3) is 3.36. The summed E-state index contributed by atoms with van der Waals surface area (Å²) in [5.41, 5.74) is 4.13. The van der Waals surface area contributed by atoms with Crippen LogP contribution < -0.4 is 5.32 Å². The van der Waals surface area contributed by atoms with Gasteiger partial charge in [0.15, 0.2) is 0 Å². The van der Waals surface area contributed by atoms with Gasteiger partial charge in [0.1, 0.15) is 0 Å². The zero-order chi connectivity index (χ0) is 19.1. The SMILES string of the molecule is C=C1NC(c2cccc(C)c2)[C@@H](c2ccc(C(C)(F)F)cc2)C(=C)N1C. The van der Waals surface area contributed by atoms with E-state index >= 15 is 0 Å². The average molecular weight is 354 g/mol. The van der Waals surface area contributed by atoms with E-state index in [0.29, 0.717) is 0 Å². The molecule has 2 atom stereocenters. The van der Waals surface area contributed by atoms with E-state index in [1.165, 1.54) is 17.7 Å². The van der Waals surface area contributed by atoms with Crippen molar-refractivity contribution < 1.29 is 8.78 Å². The number of halogens is 2. The van der Waals surface area contributed by atoms with Crippen LogP contribution in [0.3, 0.4) is 0 Å². The van der Waals surface area contributed by atoms with Crippen LogP contribution in [0.4, 0.5) is 8.78 Å². The van der Waals surface area contributed by atoms with Crippen molar-refractivity contribution in [2.24, 2.45) is 0 Å². The molecule has 0 saturated carbocycles. The Morgan fingerprint density at radius 3 is 2.27 bits per heavy atom. The van der Waals surface area contributed by atoms with E-state index in [2.05, 4.69) is 43.6 Å². The molecule has 1 unspecified atom stereocenters. The minimum absolute atomic E-state index is 0.0144. The summed E-state index contributed by atoms with van der Waals surface area (Å²) in [6.07, 6.45) is 0. The van der Waals surface area contributed by atoms with Gasteiger partial charge >= 0.3 is 0 Å². The molecule has 2 aromatic carbocycles. The molecular weight excluding hydrogens is 330 g/mol. The van der Waals surface area contributed by atoms with Crippen molar-refractivity contribution in [3.05, 3.63) is 95.5 Å². The van der Waals surface area contributed by atoms with Crippen LogP contribution in [0.1, 0.15) is 41.1 Å². The summed E-state index contributed by atoms with van der Waals surface area (Å²) in [5, 5.41) is 3.46. The topological polar surface area (TPSA) is 15.3 Å². The maximum absolute atomic E-state index is 13.6. The van der Waals surface area contributed by atoms with Gasteiger partial charge in [-0.05, 0) is 18.1 Å². The molecule has 136 valence electrons. The summed E-state index contributed by atoms with van der Waals surface area (Å²) in [4.78, 5) is 1.92. The summed E-state index contributed by atoms with van der Waals surface area (Å²) in [5.74, 6) is -2.15. The second-order valence-corrected chi connectivity index (χ2v) is 7.02. The van der Waals surface area contributed by atoms with Crippen molar-refractivity contribution in [1.29, 1.82) is 0 Å². The lowest BCUT2D eigenvalue weighted by Gasteiger charge is -2.43. The molecule has 1 N–H and O–H groups in total. The number of likely N-dealkylation sites (N-methyl/N-ethyl adjacent to an activating group) is 1. The van der Waals surface area contributed by atoms with Gasteiger partial charge < -0.3 is 10.2 Å². The highest BCUT2D eigenvalue weighted by molar-refractivity contribution is 5.40. The van der Waals surface area contributed by atoms with Crippen LogP contribution in [-0.4, -0.2) is 11.9 Å². The van der Waals surface area contributed by atoms with Crippen molar-refractivity contribution in [1.82, 2.24) is 10.2 Å². The van der Waals surface area contributed by atoms with E-state index in [9.17, 15) is 8.78 Å². The van der Waals surface area contributed by atoms with Crippen molar-refractivity contribution in [2.75, 3.05) is 7.05 Å². The van der Waals surface area contributed by atoms with Gasteiger partial charge in [-0.15, -0.1) is 0 Å². The van der Waals surface area contributed by atoms with Gasteiger partial charge in [-0.3, -0.25) is 0 Å². The third-order valence-electron chi connectivity index (χ3n) is 5.03. The molecule has 0 radical (unpaired) electrons. The number of hydrogen-bond acceptors (Lipinski definition) is 2. The van der Waals surface area contributed by atoms with E-state index in [4.69, 9.17) is 0 Å². The second kappa shape index (κ2) is 6.60. The van der Waals surface area contributed by atoms with Crippen molar-refractivity contribution in [2.45, 2.75) is 31.7 Å². The van der Waals surface area contributed by atoms with Crippen LogP contribution in [0.25, 0.3) is 0 Å². The maximum Gasteiger partial charge on any atom is 0.270 e. The fourth-order valence-corrected chi connectivity index (χ4v) is 3.44. The Morgan fingerprint density at radius 2 is 1.69 bits per heavy atom. The van der Waals surface area contributed by atoms with Crippen LogP contribution in [-0.2, 0) is 5.92 Å². The van der Waals surface area contributed by atoms with E-state index in [0.717, 1.165) is 29.6 Å². The largest absolute Gasteiger partial charge is 0.364 e. The maximum atomic E-state index is 13.6. The molecule has 1 aliphatic rings. The van der Waals surface area contributed by atoms with Crippen molar-refractivity contribution in [3.63, 3.8) is 0 Å². The first kappa shape index (κ1) is 18.2. The minimum Gasteiger partial charge on any atom is -0.364 e. The molecule has 1 heterocycles. The summed E-state index contributed by atoms with van der Waals surface area (Å²) >= 11 is 0. The summed E-state index contributed by atoms with van der Waals surface area (Å²) in [6.45, 7) is 11.3. The molecular formula is C22H24F2N2. The smallest absolute Gasteiger partial charge is 0.270 e. The Balaban J connectivity index is 2.04. The van der Waals surface area contributed by atoms with Gasteiger partial charge in [-0.25, -0.2) is 8.78 Å². The van der Waals surface area contributed by atoms with Crippen LogP contribution in [0.2, 0.25) is 0 Å². The molecule has 0 aliphatic carbocycles. The van der Waals surface area contributed by atoms with Crippen molar-refractivity contribution >= 4 is 0 Å². The molecule has 0 spiro atoms. The Morgan fingerprint density at radius 1 is 1.04 bits per heavy atom. The first-order chi connectivity index (χ1) is 12.2. The number of alkyl halides is 2. The van der Waals surface area contributed by atoms with E-state index in [1.807, 2.05) is 18.0 Å². The van der Waals surface area contributed by atoms with Gasteiger partial charge in [0.25, 0.3) is 5.92 Å². The fraction of sp³-hybridized carbons (Fsp3) is 0.273. The molecule has 0 bridgehead atoms. The number of benzene rings is 2. The van der Waals surface area contributed by atoms with E-state index in [1.54, 1.807) is 12.1 Å². The zero-order valence-electron chi connectivity index (χ0n) is 15.4. The molecule has 3 rings (SSSR count). The normalized spacial score (nSPS) is 20.9. The van der Waals surface area contributed by atoms with Crippen LogP contribution in [0.15, 0.2) is 73.2 Å². The zero-order valence-corrected chi connectivity index (χ0v) is 15.4. The quantitative estimate of drug-likeness (QED) is 0.788. The number of nitrogens with zero attached hydrogens (tertiary/aromatic N) is 1. The lowest BCUT2D eigenvalue weighted by molar-refractivity contribution is 0.0174. The number of nitrogens with one attached hydrogen (secondary N) is 1. The highest BCUT2D eigenvalue weighted by Gasteiger charge is 2.35. The third-order valence-corrected chi connectivity index (χ3v) is 5.03. The molecule has 1 saturated heterocycles. The molecule has 4 heteroatoms.